The van der Waals surface area contributed by atoms with Gasteiger partial charge in [-0.2, -0.15) is 0 Å². The molecule has 1 spiro atoms. The highest BCUT2D eigenvalue weighted by Crippen LogP contribution is 2.38. The molecule has 1 fully saturated rings. The van der Waals surface area contributed by atoms with Crippen LogP contribution < -0.4 is 10.6 Å². The van der Waals surface area contributed by atoms with Gasteiger partial charge in [0.1, 0.15) is 5.84 Å². The number of hydrogen-bond donors (Lipinski definition) is 2. The van der Waals surface area contributed by atoms with Crippen molar-refractivity contribution in [2.24, 2.45) is 4.99 Å². The van der Waals surface area contributed by atoms with Crippen LogP contribution in [-0.4, -0.2) is 43.0 Å². The third kappa shape index (κ3) is 3.47. The third-order valence-corrected chi connectivity index (χ3v) is 5.55. The normalized spacial score (nSPS) is 18.0. The predicted octanol–water partition coefficient (Wildman–Crippen LogP) is 3.83. The lowest BCUT2D eigenvalue weighted by Gasteiger charge is -2.45. The molecule has 4 heteroatoms. The largest absolute Gasteiger partial charge is 0.371 e. The van der Waals surface area contributed by atoms with Crippen LogP contribution in [0.25, 0.3) is 0 Å². The molecule has 2 aromatic carbocycles. The molecule has 2 aliphatic rings. The Bertz CT molecular complexity index is 763. The molecule has 0 amide bonds. The summed E-state index contributed by atoms with van der Waals surface area (Å²) in [4.78, 5) is 7.47. The zero-order chi connectivity index (χ0) is 17.8. The molecule has 0 bridgehead atoms. The quantitative estimate of drug-likeness (QED) is 0.882. The van der Waals surface area contributed by atoms with Crippen LogP contribution in [0.2, 0.25) is 0 Å². The molecule has 0 aliphatic carbocycles. The van der Waals surface area contributed by atoms with Gasteiger partial charge in [0, 0.05) is 13.6 Å². The van der Waals surface area contributed by atoms with Crippen LogP contribution in [0.1, 0.15) is 24.8 Å². The molecule has 0 unspecified atom stereocenters. The molecule has 136 valence electrons. The number of aryl methyl sites for hydroxylation is 1. The van der Waals surface area contributed by atoms with Crippen LogP contribution in [0, 0.1) is 0 Å². The van der Waals surface area contributed by atoms with Crippen LogP contribution >= 0.6 is 0 Å². The lowest BCUT2D eigenvalue weighted by atomic mass is 9.84. The monoisotopic (exact) mass is 348 g/mol. The van der Waals surface area contributed by atoms with E-state index in [9.17, 15) is 0 Å². The van der Waals surface area contributed by atoms with E-state index in [0.29, 0.717) is 0 Å². The Kier molecular flexibility index (Phi) is 4.93. The van der Waals surface area contributed by atoms with Crippen LogP contribution in [0.3, 0.4) is 0 Å². The number of nitrogens with zero attached hydrogens (tertiary/aromatic N) is 2. The number of aliphatic imine (C=N–C) groups is 1. The Morgan fingerprint density at radius 1 is 1.00 bits per heavy atom. The minimum absolute atomic E-state index is 0.0406. The van der Waals surface area contributed by atoms with Gasteiger partial charge in [0.05, 0.1) is 16.9 Å². The van der Waals surface area contributed by atoms with Gasteiger partial charge in [-0.3, -0.25) is 0 Å². The molecule has 2 heterocycles. The van der Waals surface area contributed by atoms with E-state index < -0.39 is 0 Å². The SMILES string of the molecule is CN(CCCc1ccccc1)C1=Nc2ccccc2NC12CCNCC2. The number of anilines is 1. The molecular formula is C22H28N4. The molecule has 0 aromatic heterocycles. The number of piperidine rings is 1. The van der Waals surface area contributed by atoms with E-state index in [2.05, 4.69) is 77.2 Å². The Hall–Kier alpha value is -2.33. The fourth-order valence-corrected chi connectivity index (χ4v) is 4.14. The predicted molar refractivity (Wildman–Crippen MR) is 109 cm³/mol. The van der Waals surface area contributed by atoms with E-state index in [-0.39, 0.29) is 5.54 Å². The van der Waals surface area contributed by atoms with E-state index in [1.54, 1.807) is 0 Å². The first kappa shape index (κ1) is 17.1. The van der Waals surface area contributed by atoms with Gasteiger partial charge in [-0.25, -0.2) is 4.99 Å². The maximum atomic E-state index is 5.10. The fourth-order valence-electron chi connectivity index (χ4n) is 4.14. The minimum atomic E-state index is -0.0406. The van der Waals surface area contributed by atoms with Crippen molar-refractivity contribution in [2.75, 3.05) is 32.0 Å². The first-order valence-electron chi connectivity index (χ1n) is 9.69. The number of para-hydroxylation sites is 2. The van der Waals surface area contributed by atoms with E-state index in [0.717, 1.165) is 56.7 Å². The van der Waals surface area contributed by atoms with Crippen LogP contribution in [0.5, 0.6) is 0 Å². The Labute approximate surface area is 156 Å². The maximum Gasteiger partial charge on any atom is 0.131 e. The number of amidine groups is 1. The van der Waals surface area contributed by atoms with Crippen LogP contribution in [-0.2, 0) is 6.42 Å². The molecule has 4 rings (SSSR count). The average molecular weight is 348 g/mol. The van der Waals surface area contributed by atoms with Crippen molar-refractivity contribution >= 4 is 17.2 Å². The second-order valence-corrected chi connectivity index (χ2v) is 7.42. The van der Waals surface area contributed by atoms with Crippen molar-refractivity contribution in [1.82, 2.24) is 10.2 Å². The number of benzene rings is 2. The van der Waals surface area contributed by atoms with Crippen molar-refractivity contribution in [2.45, 2.75) is 31.2 Å². The zero-order valence-corrected chi connectivity index (χ0v) is 15.5. The lowest BCUT2D eigenvalue weighted by molar-refractivity contribution is 0.369. The van der Waals surface area contributed by atoms with Crippen molar-refractivity contribution in [3.8, 4) is 0 Å². The van der Waals surface area contributed by atoms with Crippen LogP contribution in [0.4, 0.5) is 11.4 Å². The van der Waals surface area contributed by atoms with Crippen molar-refractivity contribution in [3.63, 3.8) is 0 Å². The summed E-state index contributed by atoms with van der Waals surface area (Å²) >= 11 is 0. The molecule has 1 saturated heterocycles. The molecule has 2 aliphatic heterocycles. The summed E-state index contributed by atoms with van der Waals surface area (Å²) < 4.78 is 0. The van der Waals surface area contributed by atoms with E-state index in [1.165, 1.54) is 11.4 Å². The number of hydrogen-bond acceptors (Lipinski definition) is 4. The second-order valence-electron chi connectivity index (χ2n) is 7.42. The van der Waals surface area contributed by atoms with Gasteiger partial charge in [0.2, 0.25) is 0 Å². The number of fused-ring (bicyclic) bond motifs is 1. The molecule has 0 radical (unpaired) electrons. The second kappa shape index (κ2) is 7.50. The molecule has 0 atom stereocenters. The van der Waals surface area contributed by atoms with Gasteiger partial charge < -0.3 is 15.5 Å². The highest BCUT2D eigenvalue weighted by molar-refractivity contribution is 6.00. The fraction of sp³-hybridized carbons (Fsp3) is 0.409. The highest BCUT2D eigenvalue weighted by Gasteiger charge is 2.41. The topological polar surface area (TPSA) is 39.7 Å². The van der Waals surface area contributed by atoms with Gasteiger partial charge >= 0.3 is 0 Å². The Morgan fingerprint density at radius 2 is 1.73 bits per heavy atom. The van der Waals surface area contributed by atoms with Crippen molar-refractivity contribution in [1.29, 1.82) is 0 Å². The summed E-state index contributed by atoms with van der Waals surface area (Å²) in [5.74, 6) is 1.20. The van der Waals surface area contributed by atoms with Gasteiger partial charge in [-0.15, -0.1) is 0 Å². The summed E-state index contributed by atoms with van der Waals surface area (Å²) in [6, 6.07) is 19.2. The summed E-state index contributed by atoms with van der Waals surface area (Å²) in [6.07, 6.45) is 4.39. The lowest BCUT2D eigenvalue weighted by Crippen LogP contribution is -2.59. The van der Waals surface area contributed by atoms with Crippen molar-refractivity contribution < 1.29 is 0 Å². The minimum Gasteiger partial charge on any atom is -0.371 e. The smallest absolute Gasteiger partial charge is 0.131 e. The van der Waals surface area contributed by atoms with Gasteiger partial charge in [0.15, 0.2) is 0 Å². The Balaban J connectivity index is 1.52. The zero-order valence-electron chi connectivity index (χ0n) is 15.5. The summed E-state index contributed by atoms with van der Waals surface area (Å²) in [5.41, 5.74) is 3.59. The van der Waals surface area contributed by atoms with Gasteiger partial charge in [0.25, 0.3) is 0 Å². The standard InChI is InChI=1S/C22H28N4/c1-26(17-7-10-18-8-3-2-4-9-18)21-22(13-15-23-16-14-22)25-20-12-6-5-11-19(20)24-21/h2-6,8-9,11-12,23,25H,7,10,13-17H2,1H3. The molecular weight excluding hydrogens is 320 g/mol. The Morgan fingerprint density at radius 3 is 2.54 bits per heavy atom. The number of likely N-dealkylation sites (N-methyl/N-ethyl adjacent to an activating group) is 1. The number of rotatable bonds is 4. The maximum absolute atomic E-state index is 5.10. The molecule has 26 heavy (non-hydrogen) atoms. The molecule has 0 saturated carbocycles. The third-order valence-electron chi connectivity index (χ3n) is 5.55. The van der Waals surface area contributed by atoms with Gasteiger partial charge in [-0.05, 0) is 56.5 Å². The summed E-state index contributed by atoms with van der Waals surface area (Å²) in [7, 11) is 2.20. The van der Waals surface area contributed by atoms with E-state index in [4.69, 9.17) is 4.99 Å². The molecule has 2 aromatic rings. The molecule has 2 N–H and O–H groups in total. The first-order chi connectivity index (χ1) is 12.8. The van der Waals surface area contributed by atoms with E-state index in [1.807, 2.05) is 0 Å². The first-order valence-corrected chi connectivity index (χ1v) is 9.69. The van der Waals surface area contributed by atoms with Gasteiger partial charge in [-0.1, -0.05) is 42.5 Å². The van der Waals surface area contributed by atoms with Crippen LogP contribution in [0.15, 0.2) is 59.6 Å². The highest BCUT2D eigenvalue weighted by atomic mass is 15.2. The van der Waals surface area contributed by atoms with E-state index >= 15 is 0 Å². The summed E-state index contributed by atoms with van der Waals surface area (Å²) in [5, 5.41) is 7.33. The average Bonchev–Trinajstić information content (AvgIpc) is 2.69. The molecule has 4 nitrogen and oxygen atoms in total. The summed E-state index contributed by atoms with van der Waals surface area (Å²) in [6.45, 7) is 3.09. The number of nitrogens with one attached hydrogen (secondary N) is 2. The van der Waals surface area contributed by atoms with Crippen molar-refractivity contribution in [3.05, 3.63) is 60.2 Å².